The highest BCUT2D eigenvalue weighted by Crippen LogP contribution is 2.32. The number of nitrogens with zero attached hydrogens (tertiary/aromatic N) is 5. The molecule has 36 heavy (non-hydrogen) atoms. The van der Waals surface area contributed by atoms with Crippen LogP contribution in [0.2, 0.25) is 5.02 Å². The fourth-order valence-electron chi connectivity index (χ4n) is 3.83. The fraction of sp³-hybridized carbons (Fsp3) is 0.348. The Hall–Kier alpha value is -3.54. The van der Waals surface area contributed by atoms with E-state index in [1.54, 1.807) is 13.8 Å². The first-order valence-corrected chi connectivity index (χ1v) is 11.3. The Bertz CT molecular complexity index is 1290. The van der Waals surface area contributed by atoms with Gasteiger partial charge in [-0.2, -0.15) is 17.9 Å². The predicted octanol–water partition coefficient (Wildman–Crippen LogP) is 4.32. The van der Waals surface area contributed by atoms with E-state index in [9.17, 15) is 27.2 Å². The van der Waals surface area contributed by atoms with E-state index in [0.717, 1.165) is 12.1 Å². The first-order valence-electron chi connectivity index (χ1n) is 10.9. The largest absolute Gasteiger partial charge is 0.416 e. The van der Waals surface area contributed by atoms with E-state index in [-0.39, 0.29) is 34.4 Å². The van der Waals surface area contributed by atoms with E-state index in [0.29, 0.717) is 30.7 Å². The van der Waals surface area contributed by atoms with Crippen molar-refractivity contribution >= 4 is 23.4 Å². The minimum absolute atomic E-state index is 0.0430. The molecule has 0 bridgehead atoms. The SMILES string of the molecule is Cc1nc([C@H](C)NC(=O)c2cc(Cl)cc(C(F)(F)F)c2)n(-c2ccc(C(=O)N3CC[C@H](F)C3)cn2)n1. The smallest absolute Gasteiger partial charge is 0.342 e. The molecule has 8 nitrogen and oxygen atoms in total. The van der Waals surface area contributed by atoms with Crippen LogP contribution in [0.25, 0.3) is 5.82 Å². The molecule has 1 aliphatic heterocycles. The van der Waals surface area contributed by atoms with Crippen molar-refractivity contribution in [1.82, 2.24) is 30.0 Å². The maximum Gasteiger partial charge on any atom is 0.416 e. The topological polar surface area (TPSA) is 93.0 Å². The standard InChI is InChI=1S/C23H21ClF4N6O2/c1-12(30-21(35)15-7-16(23(26,27)28)9-17(24)8-15)20-31-13(2)32-34(20)19-4-3-14(10-29-19)22(36)33-6-5-18(25)11-33/h3-4,7-10,12,18H,5-6,11H2,1-2H3,(H,30,35)/t12-,18-/m0/s1. The molecule has 1 aliphatic rings. The van der Waals surface area contributed by atoms with Gasteiger partial charge in [0.25, 0.3) is 11.8 Å². The van der Waals surface area contributed by atoms with Gasteiger partial charge in [0.05, 0.1) is 23.7 Å². The number of aromatic nitrogens is 4. The molecule has 2 aromatic heterocycles. The highest BCUT2D eigenvalue weighted by atomic mass is 35.5. The quantitative estimate of drug-likeness (QED) is 0.502. The summed E-state index contributed by atoms with van der Waals surface area (Å²) in [5.74, 6) is -0.181. The van der Waals surface area contributed by atoms with Gasteiger partial charge in [0.1, 0.15) is 12.0 Å². The summed E-state index contributed by atoms with van der Waals surface area (Å²) in [5, 5.41) is 6.66. The molecule has 1 aromatic carbocycles. The monoisotopic (exact) mass is 524 g/mol. The molecule has 1 saturated heterocycles. The molecule has 3 aromatic rings. The van der Waals surface area contributed by atoms with Crippen LogP contribution in [0.3, 0.4) is 0 Å². The number of nitrogens with one attached hydrogen (secondary N) is 1. The average Bonchev–Trinajstić information content (AvgIpc) is 3.43. The molecule has 0 spiro atoms. The molecule has 0 radical (unpaired) electrons. The van der Waals surface area contributed by atoms with Gasteiger partial charge in [-0.05, 0) is 50.6 Å². The highest BCUT2D eigenvalue weighted by Gasteiger charge is 2.32. The number of rotatable bonds is 5. The summed E-state index contributed by atoms with van der Waals surface area (Å²) >= 11 is 5.79. The lowest BCUT2D eigenvalue weighted by atomic mass is 10.1. The van der Waals surface area contributed by atoms with E-state index in [2.05, 4.69) is 20.4 Å². The van der Waals surface area contributed by atoms with Gasteiger partial charge in [-0.3, -0.25) is 9.59 Å². The van der Waals surface area contributed by atoms with Crippen LogP contribution in [0.4, 0.5) is 17.6 Å². The predicted molar refractivity (Wildman–Crippen MR) is 122 cm³/mol. The van der Waals surface area contributed by atoms with Crippen LogP contribution < -0.4 is 5.32 Å². The number of hydrogen-bond acceptors (Lipinski definition) is 5. The van der Waals surface area contributed by atoms with Crippen molar-refractivity contribution in [2.24, 2.45) is 0 Å². The van der Waals surface area contributed by atoms with Gasteiger partial charge in [-0.1, -0.05) is 11.6 Å². The van der Waals surface area contributed by atoms with Crippen molar-refractivity contribution in [1.29, 1.82) is 0 Å². The first kappa shape index (κ1) is 25.5. The van der Waals surface area contributed by atoms with Crippen LogP contribution in [0, 0.1) is 6.92 Å². The Kier molecular flexibility index (Phi) is 6.98. The number of alkyl halides is 4. The molecule has 2 amide bonds. The minimum atomic E-state index is -4.66. The zero-order chi connectivity index (χ0) is 26.2. The lowest BCUT2D eigenvalue weighted by molar-refractivity contribution is -0.137. The number of benzene rings is 1. The number of halogens is 5. The van der Waals surface area contributed by atoms with Crippen molar-refractivity contribution in [3.05, 3.63) is 69.9 Å². The van der Waals surface area contributed by atoms with Crippen LogP contribution in [0.15, 0.2) is 36.5 Å². The molecule has 3 heterocycles. The van der Waals surface area contributed by atoms with E-state index in [1.165, 1.54) is 27.9 Å². The lowest BCUT2D eigenvalue weighted by Gasteiger charge is -2.16. The normalized spacial score (nSPS) is 16.8. The van der Waals surface area contributed by atoms with Gasteiger partial charge < -0.3 is 10.2 Å². The molecular formula is C23H21ClF4N6O2. The lowest BCUT2D eigenvalue weighted by Crippen LogP contribution is -2.29. The Morgan fingerprint density at radius 3 is 2.56 bits per heavy atom. The fourth-order valence-corrected chi connectivity index (χ4v) is 4.07. The molecule has 1 N–H and O–H groups in total. The molecule has 4 rings (SSSR count). The maximum atomic E-state index is 13.4. The Labute approximate surface area is 208 Å². The van der Waals surface area contributed by atoms with Crippen molar-refractivity contribution in [2.45, 2.75) is 38.7 Å². The highest BCUT2D eigenvalue weighted by molar-refractivity contribution is 6.31. The molecule has 1 fully saturated rings. The molecule has 2 atom stereocenters. The zero-order valence-corrected chi connectivity index (χ0v) is 19.9. The average molecular weight is 525 g/mol. The second kappa shape index (κ2) is 9.84. The number of pyridine rings is 1. The molecule has 0 saturated carbocycles. The second-order valence-electron chi connectivity index (χ2n) is 8.39. The third-order valence-corrected chi connectivity index (χ3v) is 5.81. The van der Waals surface area contributed by atoms with E-state index in [1.807, 2.05) is 0 Å². The first-order chi connectivity index (χ1) is 16.9. The van der Waals surface area contributed by atoms with Crippen molar-refractivity contribution in [3.8, 4) is 5.82 Å². The summed E-state index contributed by atoms with van der Waals surface area (Å²) in [7, 11) is 0. The van der Waals surface area contributed by atoms with Crippen LogP contribution in [0.1, 0.15) is 57.3 Å². The third-order valence-electron chi connectivity index (χ3n) is 5.59. The minimum Gasteiger partial charge on any atom is -0.342 e. The van der Waals surface area contributed by atoms with Gasteiger partial charge >= 0.3 is 6.18 Å². The Morgan fingerprint density at radius 2 is 1.94 bits per heavy atom. The van der Waals surface area contributed by atoms with E-state index >= 15 is 0 Å². The summed E-state index contributed by atoms with van der Waals surface area (Å²) in [6.45, 7) is 3.59. The maximum absolute atomic E-state index is 13.4. The zero-order valence-electron chi connectivity index (χ0n) is 19.2. The molecule has 13 heteroatoms. The number of carbonyl (C=O) groups excluding carboxylic acids is 2. The van der Waals surface area contributed by atoms with Crippen molar-refractivity contribution < 1.29 is 27.2 Å². The summed E-state index contributed by atoms with van der Waals surface area (Å²) in [6.07, 6.45) is -4.05. The number of carbonyl (C=O) groups is 2. The van der Waals surface area contributed by atoms with E-state index in [4.69, 9.17) is 11.6 Å². The third kappa shape index (κ3) is 5.48. The second-order valence-corrected chi connectivity index (χ2v) is 8.83. The van der Waals surface area contributed by atoms with Gasteiger partial charge in [0.15, 0.2) is 11.6 Å². The Balaban J connectivity index is 1.54. The van der Waals surface area contributed by atoms with E-state index < -0.39 is 29.9 Å². The molecular weight excluding hydrogens is 504 g/mol. The van der Waals surface area contributed by atoms with Crippen LogP contribution in [-0.4, -0.2) is 55.7 Å². The molecule has 190 valence electrons. The van der Waals surface area contributed by atoms with Gasteiger partial charge in [0.2, 0.25) is 0 Å². The van der Waals surface area contributed by atoms with Crippen molar-refractivity contribution in [2.75, 3.05) is 13.1 Å². The Morgan fingerprint density at radius 1 is 1.19 bits per heavy atom. The van der Waals surface area contributed by atoms with Gasteiger partial charge in [0, 0.05) is 23.3 Å². The number of amides is 2. The number of likely N-dealkylation sites (tertiary alicyclic amines) is 1. The summed E-state index contributed by atoms with van der Waals surface area (Å²) in [5.41, 5.74) is -1.02. The van der Waals surface area contributed by atoms with Crippen molar-refractivity contribution in [3.63, 3.8) is 0 Å². The number of aryl methyl sites for hydroxylation is 1. The number of hydrogen-bond donors (Lipinski definition) is 1. The summed E-state index contributed by atoms with van der Waals surface area (Å²) < 4.78 is 54.1. The van der Waals surface area contributed by atoms with Crippen LogP contribution >= 0.6 is 11.6 Å². The van der Waals surface area contributed by atoms with Gasteiger partial charge in [-0.15, -0.1) is 5.10 Å². The molecule has 0 unspecified atom stereocenters. The summed E-state index contributed by atoms with van der Waals surface area (Å²) in [4.78, 5) is 35.2. The van der Waals surface area contributed by atoms with Gasteiger partial charge in [-0.25, -0.2) is 14.4 Å². The molecule has 0 aliphatic carbocycles. The summed E-state index contributed by atoms with van der Waals surface area (Å²) in [6, 6.07) is 4.88. The van der Waals surface area contributed by atoms with Crippen LogP contribution in [0.5, 0.6) is 0 Å². The van der Waals surface area contributed by atoms with Crippen LogP contribution in [-0.2, 0) is 6.18 Å².